The number of benzene rings is 1. The third kappa shape index (κ3) is 2.97. The van der Waals surface area contributed by atoms with E-state index in [2.05, 4.69) is 0 Å². The van der Waals surface area contributed by atoms with Gasteiger partial charge in [0.25, 0.3) is 5.91 Å². The Bertz CT molecular complexity index is 389. The number of ether oxygens (including phenoxy) is 1. The van der Waals surface area contributed by atoms with Crippen molar-refractivity contribution < 1.29 is 9.53 Å². The highest BCUT2D eigenvalue weighted by molar-refractivity contribution is 5.78. The van der Waals surface area contributed by atoms with Gasteiger partial charge in [-0.1, -0.05) is 17.7 Å². The van der Waals surface area contributed by atoms with Gasteiger partial charge in [0.2, 0.25) is 0 Å². The second-order valence-corrected chi connectivity index (χ2v) is 3.99. The third-order valence-corrected chi connectivity index (χ3v) is 2.36. The molecular weight excluding hydrogens is 204 g/mol. The molecule has 0 aliphatic carbocycles. The summed E-state index contributed by atoms with van der Waals surface area (Å²) >= 11 is 0. The average molecular weight is 222 g/mol. The van der Waals surface area contributed by atoms with Gasteiger partial charge < -0.3 is 16.2 Å². The van der Waals surface area contributed by atoms with Crippen LogP contribution < -0.4 is 16.2 Å². The van der Waals surface area contributed by atoms with Crippen LogP contribution in [0.4, 0.5) is 0 Å². The van der Waals surface area contributed by atoms with Crippen LogP contribution in [-0.4, -0.2) is 12.0 Å². The van der Waals surface area contributed by atoms with Crippen molar-refractivity contribution in [1.29, 1.82) is 0 Å². The van der Waals surface area contributed by atoms with Crippen molar-refractivity contribution in [3.63, 3.8) is 0 Å². The lowest BCUT2D eigenvalue weighted by Gasteiger charge is -2.17. The van der Waals surface area contributed by atoms with E-state index in [1.165, 1.54) is 0 Å². The Labute approximate surface area is 95.6 Å². The van der Waals surface area contributed by atoms with Gasteiger partial charge in [0.05, 0.1) is 0 Å². The topological polar surface area (TPSA) is 78.3 Å². The van der Waals surface area contributed by atoms with Crippen LogP contribution in [0, 0.1) is 6.92 Å². The zero-order valence-electron chi connectivity index (χ0n) is 9.86. The minimum absolute atomic E-state index is 0.144. The normalized spacial score (nSPS) is 14.2. The van der Waals surface area contributed by atoms with Gasteiger partial charge in [0.15, 0.2) is 6.10 Å². The molecule has 2 atom stereocenters. The molecule has 16 heavy (non-hydrogen) atoms. The van der Waals surface area contributed by atoms with Crippen molar-refractivity contribution >= 4 is 5.91 Å². The molecular formula is C12H18N2O2. The number of carbonyl (C=O) groups excluding carboxylic acids is 1. The number of nitrogens with two attached hydrogens (primary N) is 2. The molecule has 0 fully saturated rings. The minimum Gasteiger partial charge on any atom is -0.481 e. The van der Waals surface area contributed by atoms with Gasteiger partial charge in [-0.25, -0.2) is 0 Å². The molecule has 4 heteroatoms. The van der Waals surface area contributed by atoms with Crippen molar-refractivity contribution in [2.75, 3.05) is 0 Å². The molecule has 0 aliphatic rings. The van der Waals surface area contributed by atoms with Gasteiger partial charge in [-0.15, -0.1) is 0 Å². The summed E-state index contributed by atoms with van der Waals surface area (Å²) in [6, 6.07) is 5.53. The summed E-state index contributed by atoms with van der Waals surface area (Å²) in [5, 5.41) is 0. The quantitative estimate of drug-likeness (QED) is 0.805. The number of primary amides is 1. The van der Waals surface area contributed by atoms with E-state index in [-0.39, 0.29) is 6.04 Å². The number of rotatable bonds is 4. The molecule has 4 nitrogen and oxygen atoms in total. The molecule has 0 bridgehead atoms. The van der Waals surface area contributed by atoms with Gasteiger partial charge in [-0.3, -0.25) is 4.79 Å². The predicted molar refractivity (Wildman–Crippen MR) is 63.1 cm³/mol. The van der Waals surface area contributed by atoms with Gasteiger partial charge >= 0.3 is 0 Å². The zero-order valence-corrected chi connectivity index (χ0v) is 9.86. The van der Waals surface area contributed by atoms with Gasteiger partial charge in [-0.05, 0) is 26.8 Å². The molecule has 0 radical (unpaired) electrons. The monoisotopic (exact) mass is 222 g/mol. The first-order valence-corrected chi connectivity index (χ1v) is 5.24. The summed E-state index contributed by atoms with van der Waals surface area (Å²) < 4.78 is 5.47. The van der Waals surface area contributed by atoms with Crippen LogP contribution in [0.2, 0.25) is 0 Å². The first-order chi connectivity index (χ1) is 7.41. The summed E-state index contributed by atoms with van der Waals surface area (Å²) in [5.41, 5.74) is 13.0. The number of hydrogen-bond acceptors (Lipinski definition) is 3. The van der Waals surface area contributed by atoms with Crippen LogP contribution in [0.25, 0.3) is 0 Å². The molecule has 1 amide bonds. The highest BCUT2D eigenvalue weighted by Gasteiger charge is 2.14. The SMILES string of the molecule is Cc1ccc(OC(C)C(N)=O)c([C@H](C)N)c1. The summed E-state index contributed by atoms with van der Waals surface area (Å²) in [4.78, 5) is 10.9. The number of hydrogen-bond donors (Lipinski definition) is 2. The van der Waals surface area contributed by atoms with E-state index in [0.717, 1.165) is 11.1 Å². The molecule has 0 aromatic heterocycles. The Morgan fingerprint density at radius 1 is 1.38 bits per heavy atom. The first kappa shape index (κ1) is 12.5. The van der Waals surface area contributed by atoms with Crippen LogP contribution in [-0.2, 0) is 4.79 Å². The largest absolute Gasteiger partial charge is 0.481 e. The van der Waals surface area contributed by atoms with Crippen LogP contribution >= 0.6 is 0 Å². The molecule has 1 aromatic rings. The fourth-order valence-electron chi connectivity index (χ4n) is 1.38. The highest BCUT2D eigenvalue weighted by Crippen LogP contribution is 2.25. The van der Waals surface area contributed by atoms with Crippen molar-refractivity contribution in [2.45, 2.75) is 32.9 Å². The van der Waals surface area contributed by atoms with Crippen molar-refractivity contribution in [1.82, 2.24) is 0 Å². The number of carbonyl (C=O) groups is 1. The molecule has 0 aliphatic heterocycles. The first-order valence-electron chi connectivity index (χ1n) is 5.24. The van der Waals surface area contributed by atoms with Gasteiger partial charge in [0.1, 0.15) is 5.75 Å². The van der Waals surface area contributed by atoms with Crippen LogP contribution in [0.1, 0.15) is 31.0 Å². The third-order valence-electron chi connectivity index (χ3n) is 2.36. The van der Waals surface area contributed by atoms with Crippen molar-refractivity contribution in [2.24, 2.45) is 11.5 Å². The van der Waals surface area contributed by atoms with Gasteiger partial charge in [-0.2, -0.15) is 0 Å². The summed E-state index contributed by atoms with van der Waals surface area (Å²) in [7, 11) is 0. The lowest BCUT2D eigenvalue weighted by Crippen LogP contribution is -2.31. The average Bonchev–Trinajstić information content (AvgIpc) is 2.20. The molecule has 0 saturated carbocycles. The van der Waals surface area contributed by atoms with E-state index in [9.17, 15) is 4.79 Å². The Hall–Kier alpha value is -1.55. The fourth-order valence-corrected chi connectivity index (χ4v) is 1.38. The lowest BCUT2D eigenvalue weighted by molar-refractivity contribution is -0.124. The lowest BCUT2D eigenvalue weighted by atomic mass is 10.1. The van der Waals surface area contributed by atoms with Crippen molar-refractivity contribution in [3.8, 4) is 5.75 Å². The molecule has 0 spiro atoms. The second-order valence-electron chi connectivity index (χ2n) is 3.99. The standard InChI is InChI=1S/C12H18N2O2/c1-7-4-5-11(10(6-7)8(2)13)16-9(3)12(14)15/h4-6,8-9H,13H2,1-3H3,(H2,14,15)/t8-,9?/m0/s1. The Kier molecular flexibility index (Phi) is 3.90. The molecule has 0 saturated heterocycles. The van der Waals surface area contributed by atoms with E-state index in [0.29, 0.717) is 5.75 Å². The number of amides is 1. The molecule has 88 valence electrons. The predicted octanol–water partition coefficient (Wildman–Crippen LogP) is 1.27. The molecule has 1 rings (SSSR count). The summed E-state index contributed by atoms with van der Waals surface area (Å²) in [5.74, 6) is 0.128. The van der Waals surface area contributed by atoms with E-state index < -0.39 is 12.0 Å². The van der Waals surface area contributed by atoms with Crippen LogP contribution in [0.5, 0.6) is 5.75 Å². The summed E-state index contributed by atoms with van der Waals surface area (Å²) in [6.07, 6.45) is -0.653. The smallest absolute Gasteiger partial charge is 0.258 e. The molecule has 0 heterocycles. The zero-order chi connectivity index (χ0) is 12.3. The van der Waals surface area contributed by atoms with E-state index in [1.807, 2.05) is 32.0 Å². The molecule has 1 unspecified atom stereocenters. The Morgan fingerprint density at radius 2 is 2.00 bits per heavy atom. The second kappa shape index (κ2) is 4.99. The maximum absolute atomic E-state index is 10.9. The minimum atomic E-state index is -0.653. The highest BCUT2D eigenvalue weighted by atomic mass is 16.5. The molecule has 1 aromatic carbocycles. The van der Waals surface area contributed by atoms with Crippen LogP contribution in [0.15, 0.2) is 18.2 Å². The van der Waals surface area contributed by atoms with Crippen molar-refractivity contribution in [3.05, 3.63) is 29.3 Å². The van der Waals surface area contributed by atoms with E-state index >= 15 is 0 Å². The maximum atomic E-state index is 10.9. The maximum Gasteiger partial charge on any atom is 0.258 e. The fraction of sp³-hybridized carbons (Fsp3) is 0.417. The Balaban J connectivity index is 2.99. The van der Waals surface area contributed by atoms with E-state index in [4.69, 9.17) is 16.2 Å². The van der Waals surface area contributed by atoms with E-state index in [1.54, 1.807) is 6.92 Å². The molecule has 4 N–H and O–H groups in total. The van der Waals surface area contributed by atoms with Crippen LogP contribution in [0.3, 0.4) is 0 Å². The van der Waals surface area contributed by atoms with Gasteiger partial charge in [0, 0.05) is 11.6 Å². The number of aryl methyl sites for hydroxylation is 1. The Morgan fingerprint density at radius 3 is 2.50 bits per heavy atom. The summed E-state index contributed by atoms with van der Waals surface area (Å²) in [6.45, 7) is 5.47.